The zero-order valence-corrected chi connectivity index (χ0v) is 9.30. The van der Waals surface area contributed by atoms with Crippen LogP contribution in [0.2, 0.25) is 0 Å². The quantitative estimate of drug-likeness (QED) is 0.492. The van der Waals surface area contributed by atoms with E-state index in [0.29, 0.717) is 0 Å². The summed E-state index contributed by atoms with van der Waals surface area (Å²) in [6.45, 7) is 1.63. The number of thiol groups is 1. The summed E-state index contributed by atoms with van der Waals surface area (Å²) in [5.74, 6) is -1.15. The average Bonchev–Trinajstić information content (AvgIpc) is 2.26. The molecule has 6 heteroatoms. The van der Waals surface area contributed by atoms with Gasteiger partial charge in [0.25, 0.3) is 0 Å². The van der Waals surface area contributed by atoms with Crippen molar-refractivity contribution < 1.29 is 14.7 Å². The highest BCUT2D eigenvalue weighted by molar-refractivity contribution is 7.80. The van der Waals surface area contributed by atoms with Crippen molar-refractivity contribution in [3.8, 4) is 0 Å². The minimum Gasteiger partial charge on any atom is -0.480 e. The molecule has 0 radical (unpaired) electrons. The van der Waals surface area contributed by atoms with E-state index in [1.165, 1.54) is 0 Å². The lowest BCUT2D eigenvalue weighted by Gasteiger charge is -2.23. The van der Waals surface area contributed by atoms with Crippen LogP contribution in [0.25, 0.3) is 0 Å². The normalized spacial score (nSPS) is 19.5. The van der Waals surface area contributed by atoms with Crippen molar-refractivity contribution in [2.24, 2.45) is 5.92 Å². The van der Waals surface area contributed by atoms with Crippen LogP contribution in [0.4, 0.5) is 0 Å². The van der Waals surface area contributed by atoms with Crippen molar-refractivity contribution in [3.63, 3.8) is 0 Å². The van der Waals surface area contributed by atoms with Gasteiger partial charge in [-0.1, -0.05) is 0 Å². The monoisotopic (exact) mass is 232 g/mol. The van der Waals surface area contributed by atoms with Crippen molar-refractivity contribution in [1.29, 1.82) is 0 Å². The summed E-state index contributed by atoms with van der Waals surface area (Å²) in [4.78, 5) is 22.3. The molecule has 0 aromatic carbocycles. The second-order valence-corrected chi connectivity index (χ2v) is 3.97. The number of carbonyl (C=O) groups is 2. The highest BCUT2D eigenvalue weighted by atomic mass is 32.1. The fraction of sp³-hybridized carbons (Fsp3) is 0.778. The summed E-state index contributed by atoms with van der Waals surface area (Å²) in [6, 6.07) is -0.879. The molecule has 1 saturated heterocycles. The van der Waals surface area contributed by atoms with Gasteiger partial charge in [0.1, 0.15) is 6.04 Å². The number of piperidine rings is 1. The number of rotatable bonds is 4. The van der Waals surface area contributed by atoms with Gasteiger partial charge in [0.05, 0.1) is 0 Å². The SMILES string of the molecule is O=C(NC(CS)C(=O)O)C1CCNCC1. The van der Waals surface area contributed by atoms with Gasteiger partial charge in [-0.15, -0.1) is 0 Å². The molecule has 0 aromatic heterocycles. The van der Waals surface area contributed by atoms with Gasteiger partial charge in [-0.2, -0.15) is 12.6 Å². The Labute approximate surface area is 94.0 Å². The summed E-state index contributed by atoms with van der Waals surface area (Å²) in [7, 11) is 0. The van der Waals surface area contributed by atoms with Crippen molar-refractivity contribution >= 4 is 24.5 Å². The van der Waals surface area contributed by atoms with Crippen LogP contribution in [0.3, 0.4) is 0 Å². The van der Waals surface area contributed by atoms with Crippen LogP contribution in [0.15, 0.2) is 0 Å². The summed E-state index contributed by atoms with van der Waals surface area (Å²) in [5, 5.41) is 14.4. The first kappa shape index (κ1) is 12.3. The molecule has 0 spiro atoms. The first-order chi connectivity index (χ1) is 7.15. The van der Waals surface area contributed by atoms with Crippen molar-refractivity contribution in [2.75, 3.05) is 18.8 Å². The lowest BCUT2D eigenvalue weighted by molar-refractivity contribution is -0.141. The fourth-order valence-corrected chi connectivity index (χ4v) is 1.81. The maximum Gasteiger partial charge on any atom is 0.327 e. The highest BCUT2D eigenvalue weighted by Gasteiger charge is 2.25. The molecule has 5 nitrogen and oxygen atoms in total. The molecule has 1 aliphatic heterocycles. The van der Waals surface area contributed by atoms with E-state index in [-0.39, 0.29) is 17.6 Å². The Hall–Kier alpha value is -0.750. The van der Waals surface area contributed by atoms with E-state index in [2.05, 4.69) is 23.3 Å². The summed E-state index contributed by atoms with van der Waals surface area (Å²) in [6.07, 6.45) is 1.54. The molecule has 1 fully saturated rings. The second-order valence-electron chi connectivity index (χ2n) is 3.61. The van der Waals surface area contributed by atoms with E-state index in [9.17, 15) is 9.59 Å². The van der Waals surface area contributed by atoms with Crippen molar-refractivity contribution in [2.45, 2.75) is 18.9 Å². The highest BCUT2D eigenvalue weighted by Crippen LogP contribution is 2.11. The lowest BCUT2D eigenvalue weighted by atomic mass is 9.97. The van der Waals surface area contributed by atoms with Crippen LogP contribution in [-0.2, 0) is 9.59 Å². The Bertz CT molecular complexity index is 242. The van der Waals surface area contributed by atoms with Gasteiger partial charge in [0.15, 0.2) is 0 Å². The summed E-state index contributed by atoms with van der Waals surface area (Å²) >= 11 is 3.89. The Morgan fingerprint density at radius 3 is 2.53 bits per heavy atom. The molecule has 3 N–H and O–H groups in total. The third-order valence-corrected chi connectivity index (χ3v) is 2.87. The number of amides is 1. The lowest BCUT2D eigenvalue weighted by Crippen LogP contribution is -2.46. The molecule has 15 heavy (non-hydrogen) atoms. The van der Waals surface area contributed by atoms with E-state index in [4.69, 9.17) is 5.11 Å². The van der Waals surface area contributed by atoms with Crippen LogP contribution in [0.1, 0.15) is 12.8 Å². The van der Waals surface area contributed by atoms with Gasteiger partial charge < -0.3 is 15.7 Å². The molecular weight excluding hydrogens is 216 g/mol. The number of hydrogen-bond acceptors (Lipinski definition) is 4. The molecule has 1 unspecified atom stereocenters. The van der Waals surface area contributed by atoms with E-state index >= 15 is 0 Å². The van der Waals surface area contributed by atoms with E-state index < -0.39 is 12.0 Å². The summed E-state index contributed by atoms with van der Waals surface area (Å²) in [5.41, 5.74) is 0. The van der Waals surface area contributed by atoms with Crippen LogP contribution in [0, 0.1) is 5.92 Å². The number of nitrogens with one attached hydrogen (secondary N) is 2. The Kier molecular flexibility index (Phi) is 4.90. The number of carboxylic acid groups (broad SMARTS) is 1. The first-order valence-corrected chi connectivity index (χ1v) is 5.63. The molecule has 86 valence electrons. The van der Waals surface area contributed by atoms with Crippen LogP contribution in [-0.4, -0.2) is 41.9 Å². The topological polar surface area (TPSA) is 78.4 Å². The molecule has 0 aliphatic carbocycles. The molecular formula is C9H16N2O3S. The number of hydrogen-bond donors (Lipinski definition) is 4. The Morgan fingerprint density at radius 2 is 2.07 bits per heavy atom. The van der Waals surface area contributed by atoms with Crippen LogP contribution < -0.4 is 10.6 Å². The first-order valence-electron chi connectivity index (χ1n) is 5.00. The van der Waals surface area contributed by atoms with Crippen LogP contribution in [0.5, 0.6) is 0 Å². The average molecular weight is 232 g/mol. The smallest absolute Gasteiger partial charge is 0.327 e. The number of carboxylic acids is 1. The maximum atomic E-state index is 11.6. The molecule has 1 aliphatic rings. The third-order valence-electron chi connectivity index (χ3n) is 2.51. The molecule has 0 aromatic rings. The minimum atomic E-state index is -1.03. The van der Waals surface area contributed by atoms with Gasteiger partial charge in [0.2, 0.25) is 5.91 Å². The predicted molar refractivity (Wildman–Crippen MR) is 59.0 cm³/mol. The van der Waals surface area contributed by atoms with Gasteiger partial charge in [-0.25, -0.2) is 4.79 Å². The van der Waals surface area contributed by atoms with E-state index in [1.807, 2.05) is 0 Å². The largest absolute Gasteiger partial charge is 0.480 e. The molecule has 0 saturated carbocycles. The van der Waals surface area contributed by atoms with Crippen molar-refractivity contribution in [3.05, 3.63) is 0 Å². The van der Waals surface area contributed by atoms with Gasteiger partial charge in [-0.05, 0) is 25.9 Å². The fourth-order valence-electron chi connectivity index (χ4n) is 1.56. The number of aliphatic carboxylic acids is 1. The molecule has 1 amide bonds. The minimum absolute atomic E-state index is 0.0621. The molecule has 0 bridgehead atoms. The Balaban J connectivity index is 2.42. The third kappa shape index (κ3) is 3.71. The summed E-state index contributed by atoms with van der Waals surface area (Å²) < 4.78 is 0. The second kappa shape index (κ2) is 5.97. The van der Waals surface area contributed by atoms with Gasteiger partial charge >= 0.3 is 5.97 Å². The van der Waals surface area contributed by atoms with Gasteiger partial charge in [-0.3, -0.25) is 4.79 Å². The van der Waals surface area contributed by atoms with Crippen LogP contribution >= 0.6 is 12.6 Å². The predicted octanol–water partition coefficient (Wildman–Crippen LogP) is -0.515. The molecule has 1 heterocycles. The maximum absolute atomic E-state index is 11.6. The number of carbonyl (C=O) groups excluding carboxylic acids is 1. The zero-order chi connectivity index (χ0) is 11.3. The molecule has 1 atom stereocenters. The molecule has 1 rings (SSSR count). The Morgan fingerprint density at radius 1 is 1.47 bits per heavy atom. The van der Waals surface area contributed by atoms with Crippen molar-refractivity contribution in [1.82, 2.24) is 10.6 Å². The van der Waals surface area contributed by atoms with E-state index in [1.54, 1.807) is 0 Å². The van der Waals surface area contributed by atoms with Gasteiger partial charge in [0, 0.05) is 11.7 Å². The zero-order valence-electron chi connectivity index (χ0n) is 8.40. The standard InChI is InChI=1S/C9H16N2O3S/c12-8(6-1-3-10-4-2-6)11-7(5-15)9(13)14/h6-7,10,15H,1-5H2,(H,11,12)(H,13,14). The van der Waals surface area contributed by atoms with E-state index in [0.717, 1.165) is 25.9 Å².